The first kappa shape index (κ1) is 20.7. The third-order valence-electron chi connectivity index (χ3n) is 5.68. The second-order valence-electron chi connectivity index (χ2n) is 7.94. The van der Waals surface area contributed by atoms with E-state index in [9.17, 15) is 9.59 Å². The Labute approximate surface area is 189 Å². The van der Waals surface area contributed by atoms with Crippen molar-refractivity contribution >= 4 is 22.6 Å². The number of hydrogen-bond donors (Lipinski definition) is 2. The van der Waals surface area contributed by atoms with Crippen LogP contribution in [0, 0.1) is 0 Å². The number of hydrogen-bond acceptors (Lipinski definition) is 8. The first-order valence-corrected chi connectivity index (χ1v) is 10.6. The number of nitrogen functional groups attached to an aromatic ring is 1. The molecular weight excluding hydrogens is 420 g/mol. The van der Waals surface area contributed by atoms with Crippen LogP contribution in [0.25, 0.3) is 22.4 Å². The maximum absolute atomic E-state index is 12.8. The largest absolute Gasteiger partial charge is 0.383 e. The molecule has 5 rings (SSSR count). The Hall–Kier alpha value is -4.18. The molecule has 4 heterocycles. The molecule has 0 aliphatic carbocycles. The number of nitrogens with one attached hydrogen (secondary N) is 1. The fourth-order valence-corrected chi connectivity index (χ4v) is 3.91. The Balaban J connectivity index is 1.23. The summed E-state index contributed by atoms with van der Waals surface area (Å²) in [4.78, 5) is 48.7. The molecule has 1 amide bonds. The standard InChI is InChI=1S/C23H22N8O2/c24-21-17-5-4-15(9-19(17)27-14-28-21)11-31-8-7-30(13-20(31)32)12-16-10-26-22(29-23(16)33)18-3-1-2-6-25-18/h1-6,9-10,14H,7-8,11-13H2,(H2,24,27,28)(H,26,29,33). The van der Waals surface area contributed by atoms with Crippen LogP contribution in [0.5, 0.6) is 0 Å². The number of aromatic amines is 1. The lowest BCUT2D eigenvalue weighted by atomic mass is 10.1. The number of nitrogens with two attached hydrogens (primary N) is 1. The van der Waals surface area contributed by atoms with Crippen LogP contribution in [-0.2, 0) is 17.9 Å². The average Bonchev–Trinajstić information content (AvgIpc) is 2.83. The number of pyridine rings is 1. The predicted octanol–water partition coefficient (Wildman–Crippen LogP) is 1.20. The number of amides is 1. The molecule has 166 valence electrons. The van der Waals surface area contributed by atoms with Gasteiger partial charge in [0.15, 0.2) is 5.82 Å². The number of anilines is 1. The Morgan fingerprint density at radius 2 is 1.91 bits per heavy atom. The van der Waals surface area contributed by atoms with Crippen molar-refractivity contribution in [3.05, 3.63) is 76.6 Å². The van der Waals surface area contributed by atoms with Crippen molar-refractivity contribution in [2.75, 3.05) is 25.4 Å². The van der Waals surface area contributed by atoms with Gasteiger partial charge in [-0.2, -0.15) is 0 Å². The van der Waals surface area contributed by atoms with Gasteiger partial charge in [0.05, 0.1) is 12.1 Å². The van der Waals surface area contributed by atoms with Gasteiger partial charge in [-0.3, -0.25) is 19.5 Å². The summed E-state index contributed by atoms with van der Waals surface area (Å²) in [5.41, 5.74) is 8.52. The van der Waals surface area contributed by atoms with Crippen molar-refractivity contribution < 1.29 is 4.79 Å². The van der Waals surface area contributed by atoms with Gasteiger partial charge in [-0.05, 0) is 29.8 Å². The number of benzene rings is 1. The summed E-state index contributed by atoms with van der Waals surface area (Å²) in [7, 11) is 0. The van der Waals surface area contributed by atoms with Crippen LogP contribution in [0.2, 0.25) is 0 Å². The zero-order valence-electron chi connectivity index (χ0n) is 17.8. The summed E-state index contributed by atoms with van der Waals surface area (Å²) in [6.45, 7) is 2.32. The maximum atomic E-state index is 12.8. The Morgan fingerprint density at radius 1 is 1.00 bits per heavy atom. The highest BCUT2D eigenvalue weighted by Crippen LogP contribution is 2.19. The number of H-pyrrole nitrogens is 1. The quantitative estimate of drug-likeness (QED) is 0.471. The van der Waals surface area contributed by atoms with E-state index in [1.165, 1.54) is 6.33 Å². The SMILES string of the molecule is Nc1ncnc2cc(CN3CCN(Cc4cnc(-c5ccccn5)[nH]c4=O)CC3=O)ccc12. The van der Waals surface area contributed by atoms with Crippen LogP contribution in [0.4, 0.5) is 5.82 Å². The lowest BCUT2D eigenvalue weighted by Crippen LogP contribution is -2.49. The molecule has 10 heteroatoms. The van der Waals surface area contributed by atoms with Gasteiger partial charge < -0.3 is 15.6 Å². The van der Waals surface area contributed by atoms with E-state index in [-0.39, 0.29) is 18.0 Å². The van der Waals surface area contributed by atoms with Crippen molar-refractivity contribution in [2.45, 2.75) is 13.1 Å². The van der Waals surface area contributed by atoms with Crippen molar-refractivity contribution in [3.8, 4) is 11.5 Å². The van der Waals surface area contributed by atoms with Crippen LogP contribution in [0.1, 0.15) is 11.1 Å². The van der Waals surface area contributed by atoms with Gasteiger partial charge in [0.25, 0.3) is 5.56 Å². The molecule has 1 aromatic carbocycles. The monoisotopic (exact) mass is 442 g/mol. The molecule has 1 aliphatic heterocycles. The molecular formula is C23H22N8O2. The second-order valence-corrected chi connectivity index (χ2v) is 7.94. The molecule has 0 spiro atoms. The minimum absolute atomic E-state index is 0.0121. The average molecular weight is 442 g/mol. The Morgan fingerprint density at radius 3 is 2.70 bits per heavy atom. The number of rotatable bonds is 5. The van der Waals surface area contributed by atoms with Crippen LogP contribution in [0.3, 0.4) is 0 Å². The topological polar surface area (TPSA) is 134 Å². The first-order valence-electron chi connectivity index (χ1n) is 10.6. The van der Waals surface area contributed by atoms with E-state index in [0.717, 1.165) is 16.5 Å². The summed E-state index contributed by atoms with van der Waals surface area (Å²) in [5, 5.41) is 0.797. The molecule has 4 aromatic rings. The van der Waals surface area contributed by atoms with E-state index in [0.29, 0.717) is 49.1 Å². The van der Waals surface area contributed by atoms with Crippen LogP contribution in [0.15, 0.2) is 59.9 Å². The van der Waals surface area contributed by atoms with Gasteiger partial charge in [-0.15, -0.1) is 0 Å². The molecule has 3 N–H and O–H groups in total. The van der Waals surface area contributed by atoms with E-state index >= 15 is 0 Å². The lowest BCUT2D eigenvalue weighted by molar-refractivity contribution is -0.136. The van der Waals surface area contributed by atoms with Gasteiger partial charge in [-0.1, -0.05) is 12.1 Å². The smallest absolute Gasteiger partial charge is 0.255 e. The van der Waals surface area contributed by atoms with Gasteiger partial charge in [0.2, 0.25) is 5.91 Å². The van der Waals surface area contributed by atoms with Crippen molar-refractivity contribution in [2.24, 2.45) is 0 Å². The molecule has 33 heavy (non-hydrogen) atoms. The molecule has 0 radical (unpaired) electrons. The van der Waals surface area contributed by atoms with Crippen LogP contribution < -0.4 is 11.3 Å². The van der Waals surface area contributed by atoms with E-state index in [1.807, 2.05) is 34.1 Å². The van der Waals surface area contributed by atoms with Crippen LogP contribution >= 0.6 is 0 Å². The van der Waals surface area contributed by atoms with Crippen molar-refractivity contribution in [1.82, 2.24) is 34.7 Å². The number of aromatic nitrogens is 5. The summed E-state index contributed by atoms with van der Waals surface area (Å²) in [5.74, 6) is 0.875. The molecule has 0 unspecified atom stereocenters. The van der Waals surface area contributed by atoms with Crippen LogP contribution in [-0.4, -0.2) is 60.3 Å². The molecule has 1 fully saturated rings. The molecule has 0 bridgehead atoms. The van der Waals surface area contributed by atoms with E-state index in [1.54, 1.807) is 24.5 Å². The summed E-state index contributed by atoms with van der Waals surface area (Å²) >= 11 is 0. The highest BCUT2D eigenvalue weighted by Gasteiger charge is 2.25. The summed E-state index contributed by atoms with van der Waals surface area (Å²) in [6, 6.07) is 11.2. The predicted molar refractivity (Wildman–Crippen MR) is 123 cm³/mol. The van der Waals surface area contributed by atoms with Gasteiger partial charge >= 0.3 is 0 Å². The number of piperazine rings is 1. The Bertz CT molecular complexity index is 1370. The highest BCUT2D eigenvalue weighted by molar-refractivity contribution is 5.88. The van der Waals surface area contributed by atoms with E-state index < -0.39 is 0 Å². The molecule has 0 atom stereocenters. The fourth-order valence-electron chi connectivity index (χ4n) is 3.91. The second kappa shape index (κ2) is 8.75. The molecule has 1 saturated heterocycles. The van der Waals surface area contributed by atoms with Crippen molar-refractivity contribution in [3.63, 3.8) is 0 Å². The Kier molecular flexibility index (Phi) is 5.49. The highest BCUT2D eigenvalue weighted by atomic mass is 16.2. The van der Waals surface area contributed by atoms with E-state index in [2.05, 4.69) is 24.9 Å². The lowest BCUT2D eigenvalue weighted by Gasteiger charge is -2.34. The number of nitrogens with zero attached hydrogens (tertiary/aromatic N) is 6. The normalized spacial score (nSPS) is 14.7. The summed E-state index contributed by atoms with van der Waals surface area (Å²) in [6.07, 6.45) is 4.64. The van der Waals surface area contributed by atoms with Gasteiger partial charge in [0.1, 0.15) is 17.8 Å². The molecule has 3 aromatic heterocycles. The first-order chi connectivity index (χ1) is 16.1. The fraction of sp³-hybridized carbons (Fsp3) is 0.217. The third-order valence-corrected chi connectivity index (χ3v) is 5.68. The minimum atomic E-state index is -0.224. The number of carbonyl (C=O) groups is 1. The zero-order valence-corrected chi connectivity index (χ0v) is 17.8. The minimum Gasteiger partial charge on any atom is -0.383 e. The number of carbonyl (C=O) groups excluding carboxylic acids is 1. The number of fused-ring (bicyclic) bond motifs is 1. The molecule has 10 nitrogen and oxygen atoms in total. The zero-order chi connectivity index (χ0) is 22.8. The molecule has 0 saturated carbocycles. The maximum Gasteiger partial charge on any atom is 0.255 e. The molecule has 1 aliphatic rings. The van der Waals surface area contributed by atoms with Gasteiger partial charge in [0, 0.05) is 49.5 Å². The van der Waals surface area contributed by atoms with Gasteiger partial charge in [-0.25, -0.2) is 15.0 Å². The third kappa shape index (κ3) is 4.41. The van der Waals surface area contributed by atoms with E-state index in [4.69, 9.17) is 5.73 Å². The summed E-state index contributed by atoms with van der Waals surface area (Å²) < 4.78 is 0. The van der Waals surface area contributed by atoms with Crippen molar-refractivity contribution in [1.29, 1.82) is 0 Å².